The standard InChI is InChI=1S/C16H18N2O/c1-13-5-3-4-6-15(13)12-19-16-9-7-14(8-10-16)11-18-17-2/h3-11,17H,12H2,1-2H3/b18-11-. The summed E-state index contributed by atoms with van der Waals surface area (Å²) in [6.07, 6.45) is 1.77. The lowest BCUT2D eigenvalue weighted by atomic mass is 10.1. The molecule has 98 valence electrons. The largest absolute Gasteiger partial charge is 0.489 e. The van der Waals surface area contributed by atoms with Gasteiger partial charge in [0.05, 0.1) is 6.21 Å². The first-order chi connectivity index (χ1) is 9.29. The summed E-state index contributed by atoms with van der Waals surface area (Å²) in [4.78, 5) is 0. The molecule has 0 fully saturated rings. The third-order valence-corrected chi connectivity index (χ3v) is 2.88. The van der Waals surface area contributed by atoms with Gasteiger partial charge in [0.1, 0.15) is 12.4 Å². The van der Waals surface area contributed by atoms with Crippen molar-refractivity contribution in [2.45, 2.75) is 13.5 Å². The van der Waals surface area contributed by atoms with Crippen molar-refractivity contribution in [1.82, 2.24) is 5.43 Å². The maximum Gasteiger partial charge on any atom is 0.119 e. The fraction of sp³-hybridized carbons (Fsp3) is 0.188. The van der Waals surface area contributed by atoms with E-state index in [9.17, 15) is 0 Å². The lowest BCUT2D eigenvalue weighted by molar-refractivity contribution is 0.305. The lowest BCUT2D eigenvalue weighted by Crippen LogP contribution is -1.98. The van der Waals surface area contributed by atoms with E-state index in [2.05, 4.69) is 29.6 Å². The number of hydrazone groups is 1. The van der Waals surface area contributed by atoms with E-state index in [-0.39, 0.29) is 0 Å². The molecule has 2 aromatic carbocycles. The van der Waals surface area contributed by atoms with Gasteiger partial charge in [0, 0.05) is 7.05 Å². The molecule has 0 radical (unpaired) electrons. The van der Waals surface area contributed by atoms with Crippen molar-refractivity contribution in [3.8, 4) is 5.75 Å². The van der Waals surface area contributed by atoms with Crippen molar-refractivity contribution in [2.24, 2.45) is 5.10 Å². The molecule has 0 aromatic heterocycles. The Labute approximate surface area is 113 Å². The fourth-order valence-electron chi connectivity index (χ4n) is 1.72. The quantitative estimate of drug-likeness (QED) is 0.657. The predicted octanol–water partition coefficient (Wildman–Crippen LogP) is 3.13. The topological polar surface area (TPSA) is 33.6 Å². The number of aryl methyl sites for hydroxylation is 1. The highest BCUT2D eigenvalue weighted by molar-refractivity contribution is 5.79. The first-order valence-electron chi connectivity index (χ1n) is 6.27. The van der Waals surface area contributed by atoms with Gasteiger partial charge in [-0.3, -0.25) is 0 Å². The highest BCUT2D eigenvalue weighted by Crippen LogP contribution is 2.15. The number of hydrogen-bond donors (Lipinski definition) is 1. The van der Waals surface area contributed by atoms with Crippen molar-refractivity contribution >= 4 is 6.21 Å². The Hall–Kier alpha value is -2.29. The van der Waals surface area contributed by atoms with E-state index < -0.39 is 0 Å². The minimum absolute atomic E-state index is 0.594. The third kappa shape index (κ3) is 3.85. The molecule has 2 aromatic rings. The molecule has 0 bridgehead atoms. The monoisotopic (exact) mass is 254 g/mol. The first kappa shape index (κ1) is 13.1. The molecule has 0 aliphatic rings. The van der Waals surface area contributed by atoms with Crippen molar-refractivity contribution in [2.75, 3.05) is 7.05 Å². The third-order valence-electron chi connectivity index (χ3n) is 2.88. The van der Waals surface area contributed by atoms with Crippen LogP contribution in [0.2, 0.25) is 0 Å². The zero-order valence-corrected chi connectivity index (χ0v) is 11.3. The van der Waals surface area contributed by atoms with E-state index in [1.54, 1.807) is 13.3 Å². The second kappa shape index (κ2) is 6.59. The van der Waals surface area contributed by atoms with Crippen LogP contribution in [0.25, 0.3) is 0 Å². The van der Waals surface area contributed by atoms with Crippen LogP contribution in [0.15, 0.2) is 53.6 Å². The average Bonchev–Trinajstić information content (AvgIpc) is 2.45. The smallest absolute Gasteiger partial charge is 0.119 e. The van der Waals surface area contributed by atoms with Gasteiger partial charge in [-0.2, -0.15) is 5.10 Å². The van der Waals surface area contributed by atoms with Crippen LogP contribution in [-0.2, 0) is 6.61 Å². The van der Waals surface area contributed by atoms with Crippen molar-refractivity contribution in [1.29, 1.82) is 0 Å². The van der Waals surface area contributed by atoms with E-state index in [1.165, 1.54) is 11.1 Å². The van der Waals surface area contributed by atoms with Crippen molar-refractivity contribution in [3.05, 3.63) is 65.2 Å². The fourth-order valence-corrected chi connectivity index (χ4v) is 1.72. The Morgan fingerprint density at radius 3 is 2.53 bits per heavy atom. The average molecular weight is 254 g/mol. The number of hydrogen-bond acceptors (Lipinski definition) is 3. The van der Waals surface area contributed by atoms with E-state index in [1.807, 2.05) is 36.4 Å². The number of rotatable bonds is 5. The van der Waals surface area contributed by atoms with Crippen LogP contribution in [-0.4, -0.2) is 13.3 Å². The summed E-state index contributed by atoms with van der Waals surface area (Å²) >= 11 is 0. The minimum Gasteiger partial charge on any atom is -0.489 e. The van der Waals surface area contributed by atoms with Gasteiger partial charge in [0.25, 0.3) is 0 Å². The summed E-state index contributed by atoms with van der Waals surface area (Å²) in [6, 6.07) is 16.1. The van der Waals surface area contributed by atoms with E-state index >= 15 is 0 Å². The summed E-state index contributed by atoms with van der Waals surface area (Å²) < 4.78 is 5.77. The summed E-state index contributed by atoms with van der Waals surface area (Å²) in [5.41, 5.74) is 6.22. The molecule has 0 spiro atoms. The Kier molecular flexibility index (Phi) is 4.56. The summed E-state index contributed by atoms with van der Waals surface area (Å²) in [7, 11) is 1.77. The Bertz CT molecular complexity index is 547. The molecule has 0 aliphatic heterocycles. The van der Waals surface area contributed by atoms with Gasteiger partial charge in [0.2, 0.25) is 0 Å². The Balaban J connectivity index is 1.97. The van der Waals surface area contributed by atoms with Crippen molar-refractivity contribution < 1.29 is 4.74 Å². The Morgan fingerprint density at radius 2 is 1.84 bits per heavy atom. The molecule has 1 N–H and O–H groups in total. The van der Waals surface area contributed by atoms with Gasteiger partial charge < -0.3 is 10.2 Å². The lowest BCUT2D eigenvalue weighted by Gasteiger charge is -2.08. The molecule has 0 unspecified atom stereocenters. The van der Waals surface area contributed by atoms with E-state index in [0.29, 0.717) is 6.61 Å². The van der Waals surface area contributed by atoms with Crippen LogP contribution in [0.1, 0.15) is 16.7 Å². The normalized spacial score (nSPS) is 10.6. The molecular weight excluding hydrogens is 236 g/mol. The predicted molar refractivity (Wildman–Crippen MR) is 78.6 cm³/mol. The minimum atomic E-state index is 0.594. The SMILES string of the molecule is CN/N=C\c1ccc(OCc2ccccc2C)cc1. The maximum atomic E-state index is 5.77. The summed E-state index contributed by atoms with van der Waals surface area (Å²) in [6.45, 7) is 2.69. The van der Waals surface area contributed by atoms with Gasteiger partial charge in [0.15, 0.2) is 0 Å². The van der Waals surface area contributed by atoms with E-state index in [0.717, 1.165) is 11.3 Å². The highest BCUT2D eigenvalue weighted by atomic mass is 16.5. The van der Waals surface area contributed by atoms with Gasteiger partial charge in [-0.25, -0.2) is 0 Å². The molecule has 3 nitrogen and oxygen atoms in total. The molecule has 0 heterocycles. The zero-order valence-electron chi connectivity index (χ0n) is 11.3. The Morgan fingerprint density at radius 1 is 1.11 bits per heavy atom. The molecule has 19 heavy (non-hydrogen) atoms. The van der Waals surface area contributed by atoms with Crippen LogP contribution in [0.4, 0.5) is 0 Å². The molecule has 0 amide bonds. The van der Waals surface area contributed by atoms with Crippen LogP contribution < -0.4 is 10.2 Å². The summed E-state index contributed by atoms with van der Waals surface area (Å²) in [5.74, 6) is 0.866. The number of ether oxygens (including phenoxy) is 1. The summed E-state index contributed by atoms with van der Waals surface area (Å²) in [5, 5.41) is 3.96. The number of benzene rings is 2. The molecule has 0 saturated carbocycles. The molecule has 0 saturated heterocycles. The van der Waals surface area contributed by atoms with Gasteiger partial charge in [-0.1, -0.05) is 24.3 Å². The molecule has 0 atom stereocenters. The van der Waals surface area contributed by atoms with Crippen LogP contribution in [0.3, 0.4) is 0 Å². The second-order valence-corrected chi connectivity index (χ2v) is 4.27. The second-order valence-electron chi connectivity index (χ2n) is 4.27. The first-order valence-corrected chi connectivity index (χ1v) is 6.27. The van der Waals surface area contributed by atoms with Crippen molar-refractivity contribution in [3.63, 3.8) is 0 Å². The van der Waals surface area contributed by atoms with Crippen LogP contribution in [0, 0.1) is 6.92 Å². The van der Waals surface area contributed by atoms with Crippen LogP contribution >= 0.6 is 0 Å². The highest BCUT2D eigenvalue weighted by Gasteiger charge is 1.98. The molecule has 2 rings (SSSR count). The van der Waals surface area contributed by atoms with Crippen LogP contribution in [0.5, 0.6) is 5.75 Å². The number of nitrogens with zero attached hydrogens (tertiary/aromatic N) is 1. The van der Waals surface area contributed by atoms with Gasteiger partial charge >= 0.3 is 0 Å². The van der Waals surface area contributed by atoms with Gasteiger partial charge in [-0.15, -0.1) is 0 Å². The maximum absolute atomic E-state index is 5.77. The van der Waals surface area contributed by atoms with Gasteiger partial charge in [-0.05, 0) is 47.9 Å². The number of nitrogens with one attached hydrogen (secondary N) is 1. The molecular formula is C16H18N2O. The van der Waals surface area contributed by atoms with E-state index in [4.69, 9.17) is 4.74 Å². The molecule has 3 heteroatoms. The molecule has 0 aliphatic carbocycles. The zero-order chi connectivity index (χ0) is 13.5.